The lowest BCUT2D eigenvalue weighted by molar-refractivity contribution is 0.102. The van der Waals surface area contributed by atoms with Crippen molar-refractivity contribution >= 4 is 17.6 Å². The summed E-state index contributed by atoms with van der Waals surface area (Å²) in [6, 6.07) is 5.91. The largest absolute Gasteiger partial charge is 0.432 e. The average molecular weight is 257 g/mol. The zero-order valence-corrected chi connectivity index (χ0v) is 10.7. The fourth-order valence-electron chi connectivity index (χ4n) is 2.20. The highest BCUT2D eigenvalue weighted by Gasteiger charge is 2.14. The number of benzene rings is 1. The van der Waals surface area contributed by atoms with Crippen LogP contribution in [-0.2, 0) is 6.42 Å². The molecule has 98 valence electrons. The van der Waals surface area contributed by atoms with Crippen molar-refractivity contribution in [1.82, 2.24) is 4.98 Å². The Bertz CT molecular complexity index is 619. The lowest BCUT2D eigenvalue weighted by Gasteiger charge is -2.18. The molecule has 2 heterocycles. The fraction of sp³-hybridized carbons (Fsp3) is 0.286. The van der Waals surface area contributed by atoms with Gasteiger partial charge in [0.1, 0.15) is 6.26 Å². The van der Waals surface area contributed by atoms with Crippen LogP contribution in [0.25, 0.3) is 0 Å². The highest BCUT2D eigenvalue weighted by atomic mass is 16.4. The zero-order chi connectivity index (χ0) is 13.2. The number of aromatic nitrogens is 1. The zero-order valence-electron chi connectivity index (χ0n) is 10.7. The minimum absolute atomic E-state index is 0.199. The molecule has 0 fully saturated rings. The molecule has 0 atom stereocenters. The van der Waals surface area contributed by atoms with Crippen molar-refractivity contribution in [2.24, 2.45) is 0 Å². The highest BCUT2D eigenvalue weighted by molar-refractivity contribution is 6.03. The molecule has 0 radical (unpaired) electrons. The van der Waals surface area contributed by atoms with Crippen LogP contribution < -0.4 is 10.6 Å². The molecule has 5 heteroatoms. The SMILES string of the molecule is Cc1coc(NC(=O)c2ccc3c(c2)CCCN3)n1. The summed E-state index contributed by atoms with van der Waals surface area (Å²) in [4.78, 5) is 16.1. The van der Waals surface area contributed by atoms with E-state index in [1.165, 1.54) is 11.8 Å². The molecule has 0 saturated heterocycles. The Morgan fingerprint density at radius 3 is 3.16 bits per heavy atom. The summed E-state index contributed by atoms with van der Waals surface area (Å²) in [5.74, 6) is -0.199. The number of nitrogens with zero attached hydrogens (tertiary/aromatic N) is 1. The van der Waals surface area contributed by atoms with Crippen molar-refractivity contribution in [3.63, 3.8) is 0 Å². The summed E-state index contributed by atoms with van der Waals surface area (Å²) in [5, 5.41) is 5.97. The van der Waals surface area contributed by atoms with Gasteiger partial charge in [0.15, 0.2) is 0 Å². The van der Waals surface area contributed by atoms with Gasteiger partial charge in [0.05, 0.1) is 5.69 Å². The Morgan fingerprint density at radius 1 is 1.47 bits per heavy atom. The number of hydrogen-bond acceptors (Lipinski definition) is 4. The van der Waals surface area contributed by atoms with E-state index in [1.54, 1.807) is 0 Å². The maximum atomic E-state index is 12.1. The second-order valence-corrected chi connectivity index (χ2v) is 4.65. The minimum Gasteiger partial charge on any atom is -0.432 e. The van der Waals surface area contributed by atoms with Gasteiger partial charge in [-0.3, -0.25) is 10.1 Å². The van der Waals surface area contributed by atoms with Crippen LogP contribution in [-0.4, -0.2) is 17.4 Å². The number of carbonyl (C=O) groups excluding carboxylic acids is 1. The van der Waals surface area contributed by atoms with E-state index in [0.717, 1.165) is 30.8 Å². The second-order valence-electron chi connectivity index (χ2n) is 4.65. The molecule has 0 spiro atoms. The summed E-state index contributed by atoms with van der Waals surface area (Å²) < 4.78 is 5.11. The molecular weight excluding hydrogens is 242 g/mol. The van der Waals surface area contributed by atoms with E-state index in [4.69, 9.17) is 4.42 Å². The summed E-state index contributed by atoms with van der Waals surface area (Å²) in [7, 11) is 0. The second kappa shape index (κ2) is 4.76. The number of nitrogens with one attached hydrogen (secondary N) is 2. The summed E-state index contributed by atoms with van der Waals surface area (Å²) in [6.45, 7) is 2.80. The summed E-state index contributed by atoms with van der Waals surface area (Å²) in [5.41, 5.74) is 3.67. The molecule has 1 aromatic carbocycles. The number of oxazole rings is 1. The number of hydrogen-bond donors (Lipinski definition) is 2. The van der Waals surface area contributed by atoms with E-state index >= 15 is 0 Å². The van der Waals surface area contributed by atoms with Gasteiger partial charge in [0.2, 0.25) is 0 Å². The number of fused-ring (bicyclic) bond motifs is 1. The molecule has 1 aliphatic rings. The quantitative estimate of drug-likeness (QED) is 0.867. The third kappa shape index (κ3) is 2.45. The maximum absolute atomic E-state index is 12.1. The van der Waals surface area contributed by atoms with Gasteiger partial charge < -0.3 is 9.73 Å². The third-order valence-electron chi connectivity index (χ3n) is 3.15. The number of rotatable bonds is 2. The normalized spacial score (nSPS) is 13.5. The fourth-order valence-corrected chi connectivity index (χ4v) is 2.20. The first kappa shape index (κ1) is 11.8. The van der Waals surface area contributed by atoms with Crippen LogP contribution >= 0.6 is 0 Å². The standard InChI is InChI=1S/C14H15N3O2/c1-9-8-19-14(16-9)17-13(18)11-4-5-12-10(7-11)3-2-6-15-12/h4-5,7-8,15H,2-3,6H2,1H3,(H,16,17,18). The molecule has 2 aromatic rings. The molecule has 2 N–H and O–H groups in total. The topological polar surface area (TPSA) is 67.2 Å². The van der Waals surface area contributed by atoms with Crippen LogP contribution in [0.2, 0.25) is 0 Å². The van der Waals surface area contributed by atoms with Gasteiger partial charge in [-0.2, -0.15) is 4.98 Å². The van der Waals surface area contributed by atoms with Gasteiger partial charge in [0, 0.05) is 17.8 Å². The first-order valence-corrected chi connectivity index (χ1v) is 6.32. The number of anilines is 2. The van der Waals surface area contributed by atoms with E-state index in [0.29, 0.717) is 5.56 Å². The number of amides is 1. The van der Waals surface area contributed by atoms with Gasteiger partial charge in [-0.15, -0.1) is 0 Å². The molecule has 3 rings (SSSR count). The summed E-state index contributed by atoms with van der Waals surface area (Å²) in [6.07, 6.45) is 3.60. The molecule has 0 unspecified atom stereocenters. The molecule has 1 aliphatic heterocycles. The average Bonchev–Trinajstić information content (AvgIpc) is 2.83. The van der Waals surface area contributed by atoms with E-state index < -0.39 is 0 Å². The summed E-state index contributed by atoms with van der Waals surface area (Å²) >= 11 is 0. The number of carbonyl (C=O) groups is 1. The Balaban J connectivity index is 1.80. The van der Waals surface area contributed by atoms with Crippen LogP contribution in [0.4, 0.5) is 11.7 Å². The van der Waals surface area contributed by atoms with Crippen LogP contribution in [0, 0.1) is 6.92 Å². The highest BCUT2D eigenvalue weighted by Crippen LogP contribution is 2.23. The van der Waals surface area contributed by atoms with Gasteiger partial charge in [-0.05, 0) is 43.5 Å². The van der Waals surface area contributed by atoms with Crippen LogP contribution in [0.5, 0.6) is 0 Å². The van der Waals surface area contributed by atoms with Crippen molar-refractivity contribution in [3.8, 4) is 0 Å². The van der Waals surface area contributed by atoms with E-state index in [2.05, 4.69) is 15.6 Å². The molecule has 0 saturated carbocycles. The smallest absolute Gasteiger partial charge is 0.301 e. The van der Waals surface area contributed by atoms with Crippen molar-refractivity contribution in [2.45, 2.75) is 19.8 Å². The van der Waals surface area contributed by atoms with Crippen molar-refractivity contribution in [2.75, 3.05) is 17.2 Å². The Kier molecular flexibility index (Phi) is 2.95. The molecule has 0 aliphatic carbocycles. The van der Waals surface area contributed by atoms with Crippen molar-refractivity contribution in [1.29, 1.82) is 0 Å². The Labute approximate surface area is 111 Å². The first-order valence-electron chi connectivity index (χ1n) is 6.32. The molecule has 19 heavy (non-hydrogen) atoms. The number of aryl methyl sites for hydroxylation is 2. The van der Waals surface area contributed by atoms with E-state index in [9.17, 15) is 4.79 Å². The van der Waals surface area contributed by atoms with Crippen LogP contribution in [0.15, 0.2) is 28.9 Å². The predicted octanol–water partition coefficient (Wildman–Crippen LogP) is 2.59. The van der Waals surface area contributed by atoms with Crippen LogP contribution in [0.1, 0.15) is 28.0 Å². The monoisotopic (exact) mass is 257 g/mol. The van der Waals surface area contributed by atoms with Gasteiger partial charge >= 0.3 is 6.01 Å². The van der Waals surface area contributed by atoms with Crippen molar-refractivity contribution in [3.05, 3.63) is 41.3 Å². The van der Waals surface area contributed by atoms with Gasteiger partial charge in [0.25, 0.3) is 5.91 Å². The van der Waals surface area contributed by atoms with Gasteiger partial charge in [-0.1, -0.05) is 0 Å². The molecular formula is C14H15N3O2. The maximum Gasteiger partial charge on any atom is 0.301 e. The molecule has 5 nitrogen and oxygen atoms in total. The Morgan fingerprint density at radius 2 is 2.37 bits per heavy atom. The lowest BCUT2D eigenvalue weighted by Crippen LogP contribution is -2.15. The molecule has 1 amide bonds. The predicted molar refractivity (Wildman–Crippen MR) is 72.4 cm³/mol. The Hall–Kier alpha value is -2.30. The minimum atomic E-state index is -0.199. The molecule has 0 bridgehead atoms. The van der Waals surface area contributed by atoms with E-state index in [-0.39, 0.29) is 11.9 Å². The van der Waals surface area contributed by atoms with Gasteiger partial charge in [-0.25, -0.2) is 0 Å². The first-order chi connectivity index (χ1) is 9.22. The van der Waals surface area contributed by atoms with Crippen molar-refractivity contribution < 1.29 is 9.21 Å². The lowest BCUT2D eigenvalue weighted by atomic mass is 10.0. The molecule has 1 aromatic heterocycles. The van der Waals surface area contributed by atoms with Crippen LogP contribution in [0.3, 0.4) is 0 Å². The van der Waals surface area contributed by atoms with E-state index in [1.807, 2.05) is 25.1 Å². The third-order valence-corrected chi connectivity index (χ3v) is 3.15.